The predicted molar refractivity (Wildman–Crippen MR) is 86.8 cm³/mol. The minimum Gasteiger partial charge on any atom is -0.444 e. The van der Waals surface area contributed by atoms with Gasteiger partial charge in [0, 0.05) is 25.7 Å². The van der Waals surface area contributed by atoms with E-state index in [1.54, 1.807) is 27.7 Å². The molecule has 0 heterocycles. The highest BCUT2D eigenvalue weighted by Crippen LogP contribution is 2.15. The number of urea groups is 1. The van der Waals surface area contributed by atoms with Gasteiger partial charge in [-0.1, -0.05) is 0 Å². The van der Waals surface area contributed by atoms with Crippen LogP contribution in [-0.4, -0.2) is 42.3 Å². The Hall–Kier alpha value is -2.38. The van der Waals surface area contributed by atoms with Crippen LogP contribution in [0.15, 0.2) is 18.2 Å². The van der Waals surface area contributed by atoms with Gasteiger partial charge < -0.3 is 20.3 Å². The van der Waals surface area contributed by atoms with Crippen molar-refractivity contribution in [3.05, 3.63) is 29.8 Å². The van der Waals surface area contributed by atoms with Gasteiger partial charge in [-0.3, -0.25) is 0 Å². The van der Waals surface area contributed by atoms with Crippen LogP contribution in [0.2, 0.25) is 0 Å². The van der Waals surface area contributed by atoms with Crippen molar-refractivity contribution in [3.63, 3.8) is 0 Å². The molecule has 0 aromatic heterocycles. The Bertz CT molecular complexity index is 603. The highest BCUT2D eigenvalue weighted by atomic mass is 19.1. The van der Waals surface area contributed by atoms with E-state index in [1.165, 1.54) is 11.9 Å². The van der Waals surface area contributed by atoms with Crippen molar-refractivity contribution in [2.75, 3.05) is 18.9 Å². The Labute approximate surface area is 140 Å². The summed E-state index contributed by atoms with van der Waals surface area (Å²) in [6.07, 6.45) is -0.590. The van der Waals surface area contributed by atoms with Gasteiger partial charge in [0.2, 0.25) is 0 Å². The second kappa shape index (κ2) is 7.94. The second-order valence-electron chi connectivity index (χ2n) is 6.40. The smallest absolute Gasteiger partial charge is 0.407 e. The number of carbonyl (C=O) groups excluding carboxylic acids is 2. The summed E-state index contributed by atoms with van der Waals surface area (Å²) in [5, 5.41) is 4.90. The number of alkyl carbamates (subject to hydrolysis) is 1. The maximum Gasteiger partial charge on any atom is 0.407 e. The van der Waals surface area contributed by atoms with Crippen molar-refractivity contribution < 1.29 is 23.1 Å². The molecule has 0 aliphatic carbocycles. The van der Waals surface area contributed by atoms with Gasteiger partial charge in [0.05, 0.1) is 5.69 Å². The Balaban J connectivity index is 2.54. The zero-order chi connectivity index (χ0) is 18.5. The molecule has 0 saturated heterocycles. The van der Waals surface area contributed by atoms with Crippen molar-refractivity contribution in [2.24, 2.45) is 0 Å². The van der Waals surface area contributed by atoms with E-state index in [1.807, 2.05) is 0 Å². The third-order valence-corrected chi connectivity index (χ3v) is 3.09. The van der Waals surface area contributed by atoms with E-state index in [2.05, 4.69) is 10.6 Å². The maximum atomic E-state index is 13.5. The minimum absolute atomic E-state index is 0.124. The van der Waals surface area contributed by atoms with Gasteiger partial charge in [-0.25, -0.2) is 18.4 Å². The number of rotatable bonds is 4. The summed E-state index contributed by atoms with van der Waals surface area (Å²) in [5.41, 5.74) is -0.739. The number of amides is 3. The number of benzene rings is 1. The molecule has 1 atom stereocenters. The summed E-state index contributed by atoms with van der Waals surface area (Å²) < 4.78 is 31.5. The van der Waals surface area contributed by atoms with Gasteiger partial charge in [0.15, 0.2) is 0 Å². The zero-order valence-electron chi connectivity index (χ0n) is 14.4. The van der Waals surface area contributed by atoms with Crippen molar-refractivity contribution in [2.45, 2.75) is 39.3 Å². The molecule has 1 aromatic carbocycles. The summed E-state index contributed by atoms with van der Waals surface area (Å²) in [6.45, 7) is 7.09. The van der Waals surface area contributed by atoms with Gasteiger partial charge >= 0.3 is 12.1 Å². The fraction of sp³-hybridized carbons (Fsp3) is 0.500. The molecule has 24 heavy (non-hydrogen) atoms. The molecule has 3 amide bonds. The first-order valence-electron chi connectivity index (χ1n) is 7.45. The van der Waals surface area contributed by atoms with Crippen LogP contribution in [0.1, 0.15) is 27.7 Å². The molecule has 0 saturated carbocycles. The molecule has 0 aliphatic rings. The van der Waals surface area contributed by atoms with Gasteiger partial charge in [0.1, 0.15) is 17.2 Å². The molecule has 1 aromatic rings. The van der Waals surface area contributed by atoms with Crippen molar-refractivity contribution in [3.8, 4) is 0 Å². The number of hydrogen-bond donors (Lipinski definition) is 2. The lowest BCUT2D eigenvalue weighted by atomic mass is 10.2. The van der Waals surface area contributed by atoms with Gasteiger partial charge in [-0.05, 0) is 39.8 Å². The molecule has 0 unspecified atom stereocenters. The first-order valence-corrected chi connectivity index (χ1v) is 7.45. The number of halogens is 2. The number of likely N-dealkylation sites (N-methyl/N-ethyl adjacent to an activating group) is 1. The van der Waals surface area contributed by atoms with E-state index in [0.29, 0.717) is 6.07 Å². The topological polar surface area (TPSA) is 70.7 Å². The van der Waals surface area contributed by atoms with E-state index >= 15 is 0 Å². The lowest BCUT2D eigenvalue weighted by molar-refractivity contribution is 0.0516. The summed E-state index contributed by atoms with van der Waals surface area (Å²) in [4.78, 5) is 25.0. The Morgan fingerprint density at radius 1 is 1.29 bits per heavy atom. The number of carbonyl (C=O) groups is 2. The molecule has 0 fully saturated rings. The maximum absolute atomic E-state index is 13.5. The lowest BCUT2D eigenvalue weighted by Gasteiger charge is -2.26. The van der Waals surface area contributed by atoms with Crippen LogP contribution in [0, 0.1) is 11.6 Å². The SMILES string of the molecule is C[C@H](CNC(=O)OC(C)(C)C)N(C)C(=O)Nc1ccc(F)cc1F. The highest BCUT2D eigenvalue weighted by Gasteiger charge is 2.20. The van der Waals surface area contributed by atoms with Crippen molar-refractivity contribution in [1.82, 2.24) is 10.2 Å². The van der Waals surface area contributed by atoms with Gasteiger partial charge in [-0.15, -0.1) is 0 Å². The van der Waals surface area contributed by atoms with Crippen molar-refractivity contribution >= 4 is 17.8 Å². The van der Waals surface area contributed by atoms with Crippen LogP contribution >= 0.6 is 0 Å². The quantitative estimate of drug-likeness (QED) is 0.881. The van der Waals surface area contributed by atoms with Crippen LogP contribution < -0.4 is 10.6 Å². The van der Waals surface area contributed by atoms with Crippen LogP contribution in [0.4, 0.5) is 24.1 Å². The molecule has 0 bridgehead atoms. The van der Waals surface area contributed by atoms with E-state index in [-0.39, 0.29) is 18.3 Å². The fourth-order valence-corrected chi connectivity index (χ4v) is 1.68. The molecule has 6 nitrogen and oxygen atoms in total. The van der Waals surface area contributed by atoms with E-state index in [0.717, 1.165) is 12.1 Å². The highest BCUT2D eigenvalue weighted by molar-refractivity contribution is 5.89. The molecule has 1 rings (SSSR count). The summed E-state index contributed by atoms with van der Waals surface area (Å²) in [7, 11) is 1.50. The molecule has 0 spiro atoms. The van der Waals surface area contributed by atoms with E-state index in [9.17, 15) is 18.4 Å². The Kier molecular flexibility index (Phi) is 6.51. The Morgan fingerprint density at radius 2 is 1.92 bits per heavy atom. The van der Waals surface area contributed by atoms with Gasteiger partial charge in [0.25, 0.3) is 0 Å². The van der Waals surface area contributed by atoms with Crippen LogP contribution in [0.3, 0.4) is 0 Å². The fourth-order valence-electron chi connectivity index (χ4n) is 1.68. The summed E-state index contributed by atoms with van der Waals surface area (Å²) >= 11 is 0. The summed E-state index contributed by atoms with van der Waals surface area (Å²) in [5.74, 6) is -1.59. The van der Waals surface area contributed by atoms with Crippen LogP contribution in [0.5, 0.6) is 0 Å². The number of anilines is 1. The predicted octanol–water partition coefficient (Wildman–Crippen LogP) is 3.34. The number of hydrogen-bond acceptors (Lipinski definition) is 3. The van der Waals surface area contributed by atoms with Gasteiger partial charge in [-0.2, -0.15) is 0 Å². The van der Waals surface area contributed by atoms with E-state index in [4.69, 9.17) is 4.74 Å². The number of ether oxygens (including phenoxy) is 1. The standard InChI is InChI=1S/C16H23F2N3O3/c1-10(9-19-15(23)24-16(2,3)4)21(5)14(22)20-13-7-6-11(17)8-12(13)18/h6-8,10H,9H2,1-5H3,(H,19,23)(H,20,22)/t10-/m1/s1. The summed E-state index contributed by atoms with van der Waals surface area (Å²) in [6, 6.07) is 1.91. The first kappa shape index (κ1) is 19.7. The first-order chi connectivity index (χ1) is 11.0. The molecule has 2 N–H and O–H groups in total. The normalized spacial score (nSPS) is 12.3. The molecule has 8 heteroatoms. The zero-order valence-corrected chi connectivity index (χ0v) is 14.4. The van der Waals surface area contributed by atoms with E-state index < -0.39 is 29.4 Å². The van der Waals surface area contributed by atoms with Crippen molar-refractivity contribution in [1.29, 1.82) is 0 Å². The molecule has 0 radical (unpaired) electrons. The van der Waals surface area contributed by atoms with Crippen LogP contribution in [0.25, 0.3) is 0 Å². The average molecular weight is 343 g/mol. The third-order valence-electron chi connectivity index (χ3n) is 3.09. The largest absolute Gasteiger partial charge is 0.444 e. The molecular formula is C16H23F2N3O3. The lowest BCUT2D eigenvalue weighted by Crippen LogP contribution is -2.45. The second-order valence-corrected chi connectivity index (χ2v) is 6.40. The number of nitrogens with zero attached hydrogens (tertiary/aromatic N) is 1. The van der Waals surface area contributed by atoms with Crippen LogP contribution in [-0.2, 0) is 4.74 Å². The molecule has 0 aliphatic heterocycles. The number of nitrogens with one attached hydrogen (secondary N) is 2. The third kappa shape index (κ3) is 6.39. The minimum atomic E-state index is -0.865. The average Bonchev–Trinajstić information content (AvgIpc) is 2.45. The Morgan fingerprint density at radius 3 is 2.46 bits per heavy atom. The molecular weight excluding hydrogens is 320 g/mol. The monoisotopic (exact) mass is 343 g/mol. The molecule has 134 valence electrons.